The predicted molar refractivity (Wildman–Crippen MR) is 126 cm³/mol. The van der Waals surface area contributed by atoms with Crippen molar-refractivity contribution in [1.82, 2.24) is 9.97 Å². The number of urea groups is 1. The Kier molecular flexibility index (Phi) is 6.86. The summed E-state index contributed by atoms with van der Waals surface area (Å²) in [5.74, 6) is 1.52. The van der Waals surface area contributed by atoms with Crippen molar-refractivity contribution in [2.45, 2.75) is 69.6 Å². The molecule has 3 N–H and O–H groups in total. The molecule has 34 heavy (non-hydrogen) atoms. The molecule has 1 saturated carbocycles. The molecule has 2 aliphatic carbocycles. The van der Waals surface area contributed by atoms with E-state index in [9.17, 15) is 18.0 Å². The number of benzene rings is 1. The molecule has 0 spiro atoms. The summed E-state index contributed by atoms with van der Waals surface area (Å²) in [6.45, 7) is 0. The fraction of sp³-hybridized carbons (Fsp3) is 0.542. The van der Waals surface area contributed by atoms with E-state index in [1.54, 1.807) is 0 Å². The number of para-hydroxylation sites is 1. The van der Waals surface area contributed by atoms with E-state index < -0.39 is 23.8 Å². The molecule has 0 aliphatic heterocycles. The quantitative estimate of drug-likeness (QED) is 0.650. The van der Waals surface area contributed by atoms with Crippen LogP contribution in [0.1, 0.15) is 55.3 Å². The van der Waals surface area contributed by atoms with Gasteiger partial charge in [0.2, 0.25) is 5.95 Å². The summed E-state index contributed by atoms with van der Waals surface area (Å²) in [6, 6.07) is 3.88. The smallest absolute Gasteiger partial charge is 0.362 e. The highest BCUT2D eigenvalue weighted by atomic mass is 19.4. The van der Waals surface area contributed by atoms with Crippen LogP contribution in [-0.2, 0) is 19.0 Å². The zero-order chi connectivity index (χ0) is 24.5. The van der Waals surface area contributed by atoms with Crippen molar-refractivity contribution in [3.8, 4) is 0 Å². The second kappa shape index (κ2) is 9.68. The standard InChI is InChI=1S/C24H31F3N6O/c1-32(2)21-17-7-3-5-9-19(17)30-23(31-21)29-15-11-13-16(14-12-15)33(22(28)34)20-10-6-4-8-18(20)24(25,26)27/h4,6,8,10,15-16H,3,5,7,9,11-14H2,1-2H3,(H2,28,34)(H,29,30,31). The lowest BCUT2D eigenvalue weighted by atomic mass is 9.89. The predicted octanol–water partition coefficient (Wildman–Crippen LogP) is 4.75. The number of nitrogens with zero attached hydrogens (tertiary/aromatic N) is 4. The Labute approximate surface area is 197 Å². The largest absolute Gasteiger partial charge is 0.418 e. The number of amides is 2. The Morgan fingerprint density at radius 1 is 1.06 bits per heavy atom. The van der Waals surface area contributed by atoms with E-state index in [0.717, 1.165) is 48.2 Å². The number of alkyl halides is 3. The number of fused-ring (bicyclic) bond motifs is 1. The van der Waals surface area contributed by atoms with E-state index in [4.69, 9.17) is 15.7 Å². The fourth-order valence-corrected chi connectivity index (χ4v) is 5.09. The molecular weight excluding hydrogens is 445 g/mol. The number of nitrogens with one attached hydrogen (secondary N) is 1. The highest BCUT2D eigenvalue weighted by Gasteiger charge is 2.38. The number of hydrogen-bond donors (Lipinski definition) is 2. The van der Waals surface area contributed by atoms with Crippen molar-refractivity contribution in [3.05, 3.63) is 41.1 Å². The zero-order valence-electron chi connectivity index (χ0n) is 19.5. The van der Waals surface area contributed by atoms with Gasteiger partial charge in [-0.15, -0.1) is 0 Å². The van der Waals surface area contributed by atoms with Crippen LogP contribution < -0.4 is 20.9 Å². The molecule has 0 bridgehead atoms. The number of carbonyl (C=O) groups excluding carboxylic acids is 1. The van der Waals surface area contributed by atoms with E-state index >= 15 is 0 Å². The topological polar surface area (TPSA) is 87.4 Å². The number of rotatable bonds is 5. The maximum atomic E-state index is 13.5. The normalized spacial score (nSPS) is 20.4. The minimum atomic E-state index is -4.57. The van der Waals surface area contributed by atoms with Crippen LogP contribution in [0.5, 0.6) is 0 Å². The van der Waals surface area contributed by atoms with E-state index in [-0.39, 0.29) is 11.7 Å². The minimum Gasteiger partial charge on any atom is -0.362 e. The third kappa shape index (κ3) is 5.05. The first kappa shape index (κ1) is 24.1. The first-order valence-electron chi connectivity index (χ1n) is 11.7. The van der Waals surface area contributed by atoms with Gasteiger partial charge in [-0.25, -0.2) is 9.78 Å². The molecule has 10 heteroatoms. The van der Waals surface area contributed by atoms with Gasteiger partial charge >= 0.3 is 12.2 Å². The Morgan fingerprint density at radius 3 is 2.38 bits per heavy atom. The van der Waals surface area contributed by atoms with Crippen molar-refractivity contribution in [3.63, 3.8) is 0 Å². The van der Waals surface area contributed by atoms with Crippen molar-refractivity contribution < 1.29 is 18.0 Å². The van der Waals surface area contributed by atoms with Gasteiger partial charge in [0.15, 0.2) is 0 Å². The van der Waals surface area contributed by atoms with Crippen LogP contribution in [0.2, 0.25) is 0 Å². The first-order valence-corrected chi connectivity index (χ1v) is 11.7. The molecule has 1 aromatic heterocycles. The van der Waals surface area contributed by atoms with Gasteiger partial charge in [0.1, 0.15) is 5.82 Å². The molecule has 2 amide bonds. The van der Waals surface area contributed by atoms with E-state index in [1.807, 2.05) is 19.0 Å². The second-order valence-electron chi connectivity index (χ2n) is 9.27. The first-order chi connectivity index (χ1) is 16.1. The van der Waals surface area contributed by atoms with E-state index in [2.05, 4.69) is 5.32 Å². The van der Waals surface area contributed by atoms with E-state index in [1.165, 1.54) is 23.8 Å². The summed E-state index contributed by atoms with van der Waals surface area (Å²) in [5, 5.41) is 3.43. The summed E-state index contributed by atoms with van der Waals surface area (Å²) < 4.78 is 40.6. The molecule has 0 atom stereocenters. The Balaban J connectivity index is 1.48. The lowest BCUT2D eigenvalue weighted by molar-refractivity contribution is -0.137. The molecule has 2 aliphatic rings. The van der Waals surface area contributed by atoms with E-state index in [0.29, 0.717) is 31.6 Å². The summed E-state index contributed by atoms with van der Waals surface area (Å²) in [5.41, 5.74) is 6.82. The number of anilines is 3. The number of halogens is 3. The summed E-state index contributed by atoms with van der Waals surface area (Å²) in [7, 11) is 3.95. The average molecular weight is 477 g/mol. The molecule has 1 aromatic carbocycles. The lowest BCUT2D eigenvalue weighted by Gasteiger charge is -2.37. The fourth-order valence-electron chi connectivity index (χ4n) is 5.09. The van der Waals surface area contributed by atoms with Gasteiger partial charge in [-0.3, -0.25) is 4.90 Å². The number of aromatic nitrogens is 2. The number of carbonyl (C=O) groups is 1. The number of aryl methyl sites for hydroxylation is 1. The van der Waals surface area contributed by atoms with Gasteiger partial charge in [-0.1, -0.05) is 12.1 Å². The SMILES string of the molecule is CN(C)c1nc(NC2CCC(N(C(N)=O)c3ccccc3C(F)(F)F)CC2)nc2c1CCCC2. The molecule has 4 rings (SSSR count). The second-order valence-corrected chi connectivity index (χ2v) is 9.27. The summed E-state index contributed by atoms with van der Waals surface area (Å²) >= 11 is 0. The monoisotopic (exact) mass is 476 g/mol. The van der Waals surface area contributed by atoms with Crippen LogP contribution in [0.4, 0.5) is 35.4 Å². The molecule has 0 saturated heterocycles. The zero-order valence-corrected chi connectivity index (χ0v) is 19.5. The molecule has 0 unspecified atom stereocenters. The molecule has 7 nitrogen and oxygen atoms in total. The number of hydrogen-bond acceptors (Lipinski definition) is 5. The molecular formula is C24H31F3N6O. The van der Waals surface area contributed by atoms with Gasteiger partial charge in [0.25, 0.3) is 0 Å². The van der Waals surface area contributed by atoms with Gasteiger partial charge in [-0.2, -0.15) is 18.2 Å². The summed E-state index contributed by atoms with van der Waals surface area (Å²) in [4.78, 5) is 24.9. The van der Waals surface area contributed by atoms with Crippen molar-refractivity contribution in [1.29, 1.82) is 0 Å². The number of primary amides is 1. The van der Waals surface area contributed by atoms with Gasteiger partial charge in [-0.05, 0) is 63.5 Å². The average Bonchev–Trinajstić information content (AvgIpc) is 2.79. The van der Waals surface area contributed by atoms with Crippen LogP contribution in [0.15, 0.2) is 24.3 Å². The van der Waals surface area contributed by atoms with Crippen molar-refractivity contribution >= 4 is 23.5 Å². The number of nitrogens with two attached hydrogens (primary N) is 1. The Hall–Kier alpha value is -3.04. The van der Waals surface area contributed by atoms with Gasteiger partial charge in [0.05, 0.1) is 16.9 Å². The van der Waals surface area contributed by atoms with Crippen LogP contribution in [0, 0.1) is 0 Å². The summed E-state index contributed by atoms with van der Waals surface area (Å²) in [6.07, 6.45) is 1.99. The van der Waals surface area contributed by atoms with Crippen LogP contribution in [0.25, 0.3) is 0 Å². The third-order valence-corrected chi connectivity index (χ3v) is 6.69. The maximum Gasteiger partial charge on any atom is 0.418 e. The minimum absolute atomic E-state index is 0.0699. The Morgan fingerprint density at radius 2 is 1.74 bits per heavy atom. The van der Waals surface area contributed by atoms with Crippen molar-refractivity contribution in [2.24, 2.45) is 5.73 Å². The molecule has 2 aromatic rings. The Bertz CT molecular complexity index is 1030. The van der Waals surface area contributed by atoms with Crippen LogP contribution >= 0.6 is 0 Å². The molecule has 0 radical (unpaired) electrons. The van der Waals surface area contributed by atoms with Crippen LogP contribution in [-0.4, -0.2) is 42.2 Å². The lowest BCUT2D eigenvalue weighted by Crippen LogP contribution is -2.47. The third-order valence-electron chi connectivity index (χ3n) is 6.69. The molecule has 1 fully saturated rings. The molecule has 184 valence electrons. The van der Waals surface area contributed by atoms with Gasteiger partial charge in [0, 0.05) is 31.7 Å². The highest BCUT2D eigenvalue weighted by Crippen LogP contribution is 2.39. The van der Waals surface area contributed by atoms with Crippen molar-refractivity contribution in [2.75, 3.05) is 29.2 Å². The van der Waals surface area contributed by atoms with Gasteiger partial charge < -0.3 is 16.0 Å². The maximum absolute atomic E-state index is 13.5. The molecule has 1 heterocycles. The highest BCUT2D eigenvalue weighted by molar-refractivity contribution is 5.92. The van der Waals surface area contributed by atoms with Crippen LogP contribution in [0.3, 0.4) is 0 Å².